The third-order valence-electron chi connectivity index (χ3n) is 1.98. The number of benzene rings is 1. The van der Waals surface area contributed by atoms with Crippen LogP contribution in [0.25, 0.3) is 0 Å². The molecular formula is C11H14KO2-. The monoisotopic (exact) mass is 217 g/mol. The van der Waals surface area contributed by atoms with E-state index in [1.165, 1.54) is 5.56 Å². The Kier molecular flexibility index (Phi) is 6.33. The predicted octanol–water partition coefficient (Wildman–Crippen LogP) is -0.207. The van der Waals surface area contributed by atoms with E-state index in [2.05, 4.69) is 19.9 Å². The van der Waals surface area contributed by atoms with E-state index in [0.717, 1.165) is 11.5 Å². The zero-order chi connectivity index (χ0) is 8.55. The van der Waals surface area contributed by atoms with Crippen LogP contribution < -0.4 is 60.9 Å². The van der Waals surface area contributed by atoms with Crippen molar-refractivity contribution in [3.8, 4) is 11.5 Å². The normalized spacial score (nSPS) is 11.9. The molecule has 3 heteroatoms. The molecule has 0 amide bonds. The molecule has 0 N–H and O–H groups in total. The maximum atomic E-state index is 5.35. The number of ether oxygens (including phenoxy) is 2. The van der Waals surface area contributed by atoms with Crippen LogP contribution in [0.15, 0.2) is 12.1 Å². The second-order valence-electron chi connectivity index (χ2n) is 3.17. The first-order valence-electron chi connectivity index (χ1n) is 4.08. The topological polar surface area (TPSA) is 18.5 Å². The van der Waals surface area contributed by atoms with E-state index in [9.17, 15) is 0 Å². The van der Waals surface area contributed by atoms with Crippen LogP contribution in [-0.4, -0.2) is 6.79 Å². The van der Waals surface area contributed by atoms with Crippen molar-refractivity contribution in [3.05, 3.63) is 31.2 Å². The Morgan fingerprint density at radius 1 is 1.29 bits per heavy atom. The summed E-state index contributed by atoms with van der Waals surface area (Å²) in [6, 6.07) is 6.81. The van der Waals surface area contributed by atoms with Crippen molar-refractivity contribution in [2.75, 3.05) is 6.79 Å². The van der Waals surface area contributed by atoms with Crippen molar-refractivity contribution in [2.45, 2.75) is 19.8 Å². The molecule has 0 spiro atoms. The summed E-state index contributed by atoms with van der Waals surface area (Å²) >= 11 is 0. The molecule has 0 aromatic heterocycles. The predicted molar refractivity (Wildman–Crippen MR) is 51.9 cm³/mol. The summed E-state index contributed by atoms with van der Waals surface area (Å²) in [5.74, 6) is 2.17. The third kappa shape index (κ3) is 2.73. The summed E-state index contributed by atoms with van der Waals surface area (Å²) in [4.78, 5) is 0. The number of fused-ring (bicyclic) bond motifs is 1. The smallest absolute Gasteiger partial charge is 0.516 e. The zero-order valence-electron chi connectivity index (χ0n) is 9.26. The molecule has 72 valence electrons. The standard InChI is InChI=1S/C10H11O2.CH3.K/c1-7(2)8-4-3-5-9-10(8)12-6-11-9;;/h4-5,7H,6H2,1-2H3;1H3;/q2*-1;+1. The molecule has 0 aliphatic carbocycles. The van der Waals surface area contributed by atoms with Crippen LogP contribution >= 0.6 is 0 Å². The molecule has 1 aliphatic heterocycles. The van der Waals surface area contributed by atoms with Gasteiger partial charge in [-0.15, -0.1) is 11.6 Å². The Balaban J connectivity index is 0.000000845. The van der Waals surface area contributed by atoms with Crippen molar-refractivity contribution >= 4 is 0 Å². The van der Waals surface area contributed by atoms with Gasteiger partial charge in [-0.05, 0) is 0 Å². The third-order valence-corrected chi connectivity index (χ3v) is 1.98. The summed E-state index contributed by atoms with van der Waals surface area (Å²) in [6.07, 6.45) is 0. The summed E-state index contributed by atoms with van der Waals surface area (Å²) in [5.41, 5.74) is 1.17. The second-order valence-corrected chi connectivity index (χ2v) is 3.17. The van der Waals surface area contributed by atoms with Gasteiger partial charge >= 0.3 is 51.4 Å². The fourth-order valence-electron chi connectivity index (χ4n) is 1.32. The molecule has 0 saturated heterocycles. The van der Waals surface area contributed by atoms with Gasteiger partial charge in [-0.3, -0.25) is 0 Å². The van der Waals surface area contributed by atoms with Crippen LogP contribution in [0.5, 0.6) is 11.5 Å². The van der Waals surface area contributed by atoms with Gasteiger partial charge in [-0.1, -0.05) is 19.8 Å². The summed E-state index contributed by atoms with van der Waals surface area (Å²) in [7, 11) is 0. The SMILES string of the molecule is CC(C)c1c[c-]cc2c1OCO2.[CH3-].[K+]. The van der Waals surface area contributed by atoms with E-state index in [0.29, 0.717) is 12.7 Å². The second kappa shape index (κ2) is 6.13. The zero-order valence-corrected chi connectivity index (χ0v) is 12.4. The van der Waals surface area contributed by atoms with Crippen molar-refractivity contribution in [2.24, 2.45) is 0 Å². The molecular weight excluding hydrogens is 203 g/mol. The van der Waals surface area contributed by atoms with E-state index in [1.54, 1.807) is 0 Å². The molecule has 2 nitrogen and oxygen atoms in total. The molecule has 2 rings (SSSR count). The summed E-state index contributed by atoms with van der Waals surface area (Å²) in [6.45, 7) is 4.60. The number of rotatable bonds is 1. The molecule has 0 atom stereocenters. The van der Waals surface area contributed by atoms with Crippen molar-refractivity contribution < 1.29 is 60.9 Å². The molecule has 14 heavy (non-hydrogen) atoms. The average molecular weight is 217 g/mol. The first-order chi connectivity index (χ1) is 5.79. The van der Waals surface area contributed by atoms with Gasteiger partial charge in [0.1, 0.15) is 0 Å². The summed E-state index contributed by atoms with van der Waals surface area (Å²) < 4.78 is 10.6. The molecule has 1 aliphatic rings. The van der Waals surface area contributed by atoms with Crippen LogP contribution in [0.4, 0.5) is 0 Å². The molecule has 1 aromatic rings. The van der Waals surface area contributed by atoms with E-state index < -0.39 is 0 Å². The van der Waals surface area contributed by atoms with Gasteiger partial charge in [0.25, 0.3) is 0 Å². The van der Waals surface area contributed by atoms with Gasteiger partial charge in [-0.25, -0.2) is 0 Å². The maximum Gasteiger partial charge on any atom is 1.00 e. The Labute approximate surface area is 128 Å². The molecule has 0 bridgehead atoms. The van der Waals surface area contributed by atoms with Crippen LogP contribution in [0, 0.1) is 13.5 Å². The number of hydrogen-bond donors (Lipinski definition) is 0. The Morgan fingerprint density at radius 3 is 2.64 bits per heavy atom. The van der Waals surface area contributed by atoms with Gasteiger partial charge in [0, 0.05) is 0 Å². The van der Waals surface area contributed by atoms with Crippen molar-refractivity contribution in [1.29, 1.82) is 0 Å². The van der Waals surface area contributed by atoms with Crippen LogP contribution in [0.2, 0.25) is 0 Å². The Bertz CT molecular complexity index is 297. The molecule has 1 aromatic carbocycles. The van der Waals surface area contributed by atoms with Gasteiger partial charge < -0.3 is 16.9 Å². The van der Waals surface area contributed by atoms with Gasteiger partial charge in [-0.2, -0.15) is 12.1 Å². The Morgan fingerprint density at radius 2 is 2.00 bits per heavy atom. The van der Waals surface area contributed by atoms with Gasteiger partial charge in [0.2, 0.25) is 6.79 Å². The first-order valence-corrected chi connectivity index (χ1v) is 4.08. The maximum absolute atomic E-state index is 5.35. The van der Waals surface area contributed by atoms with Crippen molar-refractivity contribution in [1.82, 2.24) is 0 Å². The van der Waals surface area contributed by atoms with E-state index >= 15 is 0 Å². The minimum Gasteiger partial charge on any atom is -0.516 e. The van der Waals surface area contributed by atoms with Crippen LogP contribution in [-0.2, 0) is 0 Å². The van der Waals surface area contributed by atoms with E-state index in [4.69, 9.17) is 9.47 Å². The Hall–Kier alpha value is 0.456. The van der Waals surface area contributed by atoms with E-state index in [-0.39, 0.29) is 58.8 Å². The van der Waals surface area contributed by atoms with Gasteiger partial charge in [0.05, 0.1) is 11.5 Å². The van der Waals surface area contributed by atoms with Gasteiger partial charge in [0.15, 0.2) is 0 Å². The number of hydrogen-bond acceptors (Lipinski definition) is 2. The molecule has 0 radical (unpaired) electrons. The average Bonchev–Trinajstić information content (AvgIpc) is 2.49. The molecule has 0 fully saturated rings. The molecule has 0 saturated carbocycles. The minimum atomic E-state index is 0. The molecule has 0 unspecified atom stereocenters. The fraction of sp³-hybridized carbons (Fsp3) is 0.364. The van der Waals surface area contributed by atoms with E-state index in [1.807, 2.05) is 12.1 Å². The quantitative estimate of drug-likeness (QED) is 0.479. The first kappa shape index (κ1) is 14.5. The molecule has 1 heterocycles. The minimum absolute atomic E-state index is 0. The summed E-state index contributed by atoms with van der Waals surface area (Å²) in [5, 5.41) is 0. The van der Waals surface area contributed by atoms with Crippen LogP contribution in [0.1, 0.15) is 25.3 Å². The van der Waals surface area contributed by atoms with Crippen LogP contribution in [0.3, 0.4) is 0 Å². The fourth-order valence-corrected chi connectivity index (χ4v) is 1.32. The van der Waals surface area contributed by atoms with Crippen molar-refractivity contribution in [3.63, 3.8) is 0 Å². The largest absolute Gasteiger partial charge is 1.00 e.